The Morgan fingerprint density at radius 1 is 1.21 bits per heavy atom. The first-order valence-corrected chi connectivity index (χ1v) is 5.04. The molecule has 0 saturated heterocycles. The van der Waals surface area contributed by atoms with E-state index in [4.69, 9.17) is 11.0 Å². The lowest BCUT2D eigenvalue weighted by atomic mass is 10.1. The van der Waals surface area contributed by atoms with Crippen LogP contribution < -0.4 is 10.7 Å². The first kappa shape index (κ1) is 14.4. The van der Waals surface area contributed by atoms with Crippen molar-refractivity contribution in [3.63, 3.8) is 0 Å². The highest BCUT2D eigenvalue weighted by Gasteiger charge is 2.00. The van der Waals surface area contributed by atoms with Gasteiger partial charge in [-0.05, 0) is 24.1 Å². The molecule has 4 nitrogen and oxygen atoms in total. The predicted molar refractivity (Wildman–Crippen MR) is 69.5 cm³/mol. The van der Waals surface area contributed by atoms with E-state index >= 15 is 0 Å². The fourth-order valence-corrected chi connectivity index (χ4v) is 1.34. The van der Waals surface area contributed by atoms with E-state index in [1.54, 1.807) is 12.3 Å². The Balaban J connectivity index is 0.00000180. The number of nitriles is 1. The number of anilines is 1. The number of nitrogen functional groups attached to an aromatic ring is 1. The monoisotopic (exact) mass is 275 g/mol. The Bertz CT molecular complexity index is 698. The Morgan fingerprint density at radius 3 is 2.63 bits per heavy atom. The number of nitrogens with two attached hydrogens (primary N) is 1. The Labute approximate surface area is 115 Å². The van der Waals surface area contributed by atoms with Crippen molar-refractivity contribution in [2.75, 3.05) is 5.73 Å². The number of aromatic amines is 1. The van der Waals surface area contributed by atoms with Gasteiger partial charge in [0, 0.05) is 11.6 Å². The third-order valence-electron chi connectivity index (χ3n) is 2.08. The molecule has 0 spiro atoms. The van der Waals surface area contributed by atoms with Crippen molar-refractivity contribution >= 4 is 18.4 Å². The maximum atomic E-state index is 13.1. The summed E-state index contributed by atoms with van der Waals surface area (Å²) in [6.45, 7) is 0. The van der Waals surface area contributed by atoms with E-state index < -0.39 is 5.82 Å². The van der Waals surface area contributed by atoms with Crippen molar-refractivity contribution in [3.8, 4) is 17.9 Å². The summed E-state index contributed by atoms with van der Waals surface area (Å²) in [4.78, 5) is 6.64. The number of nitrogens with one attached hydrogen (secondary N) is 1. The molecule has 94 valence electrons. The lowest BCUT2D eigenvalue weighted by molar-refractivity contribution is -0.364. The van der Waals surface area contributed by atoms with Crippen LogP contribution in [0.4, 0.5) is 10.3 Å². The largest absolute Gasteiger partial charge is 0.388 e. The molecule has 19 heavy (non-hydrogen) atoms. The Hall–Kier alpha value is -2.63. The number of H-pyrrole nitrogens is 1. The van der Waals surface area contributed by atoms with Crippen LogP contribution in [0.5, 0.6) is 0 Å². The van der Waals surface area contributed by atoms with Gasteiger partial charge in [-0.25, -0.2) is 9.37 Å². The topological polar surface area (TPSA) is 76.8 Å². The van der Waals surface area contributed by atoms with Gasteiger partial charge >= 0.3 is 5.95 Å². The van der Waals surface area contributed by atoms with Gasteiger partial charge in [-0.2, -0.15) is 5.26 Å². The van der Waals surface area contributed by atoms with Crippen LogP contribution in [0.15, 0.2) is 30.5 Å². The van der Waals surface area contributed by atoms with Crippen molar-refractivity contribution < 1.29 is 9.37 Å². The molecule has 1 aromatic carbocycles. The lowest BCUT2D eigenvalue weighted by Gasteiger charge is -1.92. The van der Waals surface area contributed by atoms with Gasteiger partial charge < -0.3 is 0 Å². The van der Waals surface area contributed by atoms with Crippen molar-refractivity contribution in [2.24, 2.45) is 0 Å². The number of halogens is 2. The van der Waals surface area contributed by atoms with Crippen molar-refractivity contribution in [3.05, 3.63) is 53.1 Å². The molecule has 1 aromatic heterocycles. The number of nitrogens with zero attached hydrogens (tertiary/aromatic N) is 2. The van der Waals surface area contributed by atoms with Crippen LogP contribution in [0.1, 0.15) is 16.8 Å². The minimum Gasteiger partial charge on any atom is -0.287 e. The molecular formula is C13H9ClFN4+. The second kappa shape index (κ2) is 6.34. The molecule has 2 rings (SSSR count). The molecule has 2 aromatic rings. The van der Waals surface area contributed by atoms with Crippen LogP contribution in [-0.2, 0) is 0 Å². The van der Waals surface area contributed by atoms with E-state index in [0.717, 1.165) is 6.07 Å². The number of benzene rings is 1. The van der Waals surface area contributed by atoms with Crippen molar-refractivity contribution in [1.82, 2.24) is 4.98 Å². The smallest absolute Gasteiger partial charge is 0.287 e. The second-order valence-electron chi connectivity index (χ2n) is 3.45. The van der Waals surface area contributed by atoms with Crippen LogP contribution in [0, 0.1) is 29.0 Å². The molecule has 0 aliphatic carbocycles. The van der Waals surface area contributed by atoms with E-state index in [0.29, 0.717) is 11.3 Å². The fourth-order valence-electron chi connectivity index (χ4n) is 1.34. The van der Waals surface area contributed by atoms with Gasteiger partial charge in [0.2, 0.25) is 0 Å². The molecule has 0 radical (unpaired) electrons. The van der Waals surface area contributed by atoms with Crippen LogP contribution in [0.2, 0.25) is 0 Å². The second-order valence-corrected chi connectivity index (χ2v) is 3.45. The quantitative estimate of drug-likeness (QED) is 0.737. The summed E-state index contributed by atoms with van der Waals surface area (Å²) in [5.74, 6) is 5.23. The predicted octanol–water partition coefficient (Wildman–Crippen LogP) is 1.31. The van der Waals surface area contributed by atoms with Crippen molar-refractivity contribution in [2.45, 2.75) is 0 Å². The van der Waals surface area contributed by atoms with Gasteiger partial charge in [0.1, 0.15) is 5.82 Å². The first-order valence-electron chi connectivity index (χ1n) is 5.04. The Kier molecular flexibility index (Phi) is 4.82. The first-order chi connectivity index (χ1) is 8.67. The molecule has 0 saturated carbocycles. The fraction of sp³-hybridized carbons (Fsp3) is 0. The normalized spacial score (nSPS) is 8.63. The zero-order chi connectivity index (χ0) is 13.0. The minimum absolute atomic E-state index is 0. The summed E-state index contributed by atoms with van der Waals surface area (Å²) in [6.07, 6.45) is 1.61. The van der Waals surface area contributed by atoms with Gasteiger partial charge in [0.25, 0.3) is 0 Å². The summed E-state index contributed by atoms with van der Waals surface area (Å²) in [5.41, 5.74) is 6.57. The van der Waals surface area contributed by atoms with Gasteiger partial charge in [-0.3, -0.25) is 5.73 Å². The van der Waals surface area contributed by atoms with E-state index in [2.05, 4.69) is 21.8 Å². The lowest BCUT2D eigenvalue weighted by Crippen LogP contribution is -2.11. The molecule has 0 atom stereocenters. The maximum absolute atomic E-state index is 13.1. The number of aromatic nitrogens is 2. The molecule has 0 unspecified atom stereocenters. The standard InChI is InChI=1S/C13H7FN4.ClH/c14-11-6-9(5-10(7-11)8-15)1-2-12-3-4-17-13(16)18-12;/h3-7H,(H2,16,17,18);1H/p+1. The highest BCUT2D eigenvalue weighted by molar-refractivity contribution is 5.85. The molecule has 0 bridgehead atoms. The van der Waals surface area contributed by atoms with Crippen LogP contribution in [-0.4, -0.2) is 4.98 Å². The van der Waals surface area contributed by atoms with Gasteiger partial charge in [0.15, 0.2) is 5.69 Å². The van der Waals surface area contributed by atoms with Gasteiger partial charge in [0.05, 0.1) is 17.8 Å². The molecule has 3 N–H and O–H groups in total. The maximum Gasteiger partial charge on any atom is 0.388 e. The highest BCUT2D eigenvalue weighted by Crippen LogP contribution is 2.07. The van der Waals surface area contributed by atoms with Gasteiger partial charge in [-0.1, -0.05) is 10.9 Å². The highest BCUT2D eigenvalue weighted by atomic mass is 35.5. The summed E-state index contributed by atoms with van der Waals surface area (Å²) >= 11 is 0. The zero-order valence-electron chi connectivity index (χ0n) is 9.64. The molecule has 0 aliphatic heterocycles. The number of rotatable bonds is 0. The number of hydrogen-bond acceptors (Lipinski definition) is 3. The Morgan fingerprint density at radius 2 is 1.95 bits per heavy atom. The third-order valence-corrected chi connectivity index (χ3v) is 2.08. The van der Waals surface area contributed by atoms with E-state index in [1.165, 1.54) is 12.1 Å². The molecule has 1 heterocycles. The average Bonchev–Trinajstić information content (AvgIpc) is 2.36. The van der Waals surface area contributed by atoms with E-state index in [9.17, 15) is 4.39 Å². The van der Waals surface area contributed by atoms with E-state index in [1.807, 2.05) is 6.07 Å². The average molecular weight is 276 g/mol. The minimum atomic E-state index is -0.493. The van der Waals surface area contributed by atoms with Crippen LogP contribution >= 0.6 is 12.4 Å². The van der Waals surface area contributed by atoms with Gasteiger partial charge in [-0.15, -0.1) is 12.4 Å². The molecule has 0 amide bonds. The zero-order valence-corrected chi connectivity index (χ0v) is 10.5. The summed E-state index contributed by atoms with van der Waals surface area (Å²) in [6, 6.07) is 7.43. The van der Waals surface area contributed by atoms with Crippen LogP contribution in [0.25, 0.3) is 0 Å². The SMILES string of the molecule is Cl.N#Cc1cc(F)cc(C#Cc2cc[nH+]c(N)n2)c1. The molecule has 0 fully saturated rings. The summed E-state index contributed by atoms with van der Waals surface area (Å²) in [5, 5.41) is 8.71. The summed E-state index contributed by atoms with van der Waals surface area (Å²) < 4.78 is 13.1. The van der Waals surface area contributed by atoms with Crippen LogP contribution in [0.3, 0.4) is 0 Å². The van der Waals surface area contributed by atoms with Crippen molar-refractivity contribution in [1.29, 1.82) is 5.26 Å². The van der Waals surface area contributed by atoms with E-state index in [-0.39, 0.29) is 23.9 Å². The molecule has 0 aliphatic rings. The molecule has 6 heteroatoms. The third kappa shape index (κ3) is 3.95. The molecular weight excluding hydrogens is 267 g/mol. The number of hydrogen-bond donors (Lipinski definition) is 1. The summed E-state index contributed by atoms with van der Waals surface area (Å²) in [7, 11) is 0.